The van der Waals surface area contributed by atoms with Crippen LogP contribution in [0.3, 0.4) is 0 Å². The van der Waals surface area contributed by atoms with Crippen molar-refractivity contribution in [1.29, 1.82) is 0 Å². The summed E-state index contributed by atoms with van der Waals surface area (Å²) in [5, 5.41) is 4.58. The van der Waals surface area contributed by atoms with Gasteiger partial charge >= 0.3 is 0 Å². The minimum Gasteiger partial charge on any atom is -0.303 e. The first kappa shape index (κ1) is 6.87. The first-order chi connectivity index (χ1) is 4.04. The quantitative estimate of drug-likeness (QED) is 0.551. The van der Waals surface area contributed by atoms with Crippen LogP contribution in [0, 0.1) is 5.92 Å². The van der Waals surface area contributed by atoms with Gasteiger partial charge in [0, 0.05) is 5.92 Å². The van der Waals surface area contributed by atoms with Gasteiger partial charge in [0.15, 0.2) is 0 Å². The average molecular weight is 147 g/mol. The lowest BCUT2D eigenvalue weighted by Gasteiger charge is -2.22. The van der Waals surface area contributed by atoms with Crippen molar-refractivity contribution in [2.45, 2.75) is 26.3 Å². The van der Waals surface area contributed by atoms with E-state index < -0.39 is 0 Å². The summed E-state index contributed by atoms with van der Waals surface area (Å²) in [6.07, 6.45) is 0. The van der Waals surface area contributed by atoms with Crippen molar-refractivity contribution in [1.82, 2.24) is 5.43 Å². The summed E-state index contributed by atoms with van der Waals surface area (Å²) < 4.78 is 0. The van der Waals surface area contributed by atoms with E-state index in [0.717, 1.165) is 0 Å². The summed E-state index contributed by atoms with van der Waals surface area (Å²) in [7, 11) is 0. The highest BCUT2D eigenvalue weighted by Gasteiger charge is 2.33. The van der Waals surface area contributed by atoms with Gasteiger partial charge in [-0.1, -0.05) is 18.5 Å². The third kappa shape index (κ3) is 1.04. The molecule has 1 heterocycles. The van der Waals surface area contributed by atoms with Crippen molar-refractivity contribution in [2.24, 2.45) is 11.0 Å². The second kappa shape index (κ2) is 1.87. The number of rotatable bonds is 0. The van der Waals surface area contributed by atoms with Crippen LogP contribution in [-0.4, -0.2) is 10.7 Å². The molecule has 1 aliphatic rings. The Morgan fingerprint density at radius 1 is 1.67 bits per heavy atom. The van der Waals surface area contributed by atoms with Crippen molar-refractivity contribution in [3.63, 3.8) is 0 Å². The molecule has 0 saturated carbocycles. The van der Waals surface area contributed by atoms with Crippen LogP contribution in [0.5, 0.6) is 0 Å². The molecule has 0 saturated heterocycles. The van der Waals surface area contributed by atoms with Gasteiger partial charge < -0.3 is 5.43 Å². The first-order valence-corrected chi connectivity index (χ1v) is 3.42. The van der Waals surface area contributed by atoms with Crippen LogP contribution in [0.1, 0.15) is 20.8 Å². The van der Waals surface area contributed by atoms with Crippen molar-refractivity contribution >= 4 is 16.8 Å². The topological polar surface area (TPSA) is 24.4 Å². The van der Waals surface area contributed by atoms with Crippen molar-refractivity contribution in [2.75, 3.05) is 0 Å². The van der Waals surface area contributed by atoms with Gasteiger partial charge in [-0.3, -0.25) is 0 Å². The average Bonchev–Trinajstić information content (AvgIpc) is 1.97. The largest absolute Gasteiger partial charge is 0.303 e. The van der Waals surface area contributed by atoms with E-state index in [9.17, 15) is 0 Å². The fourth-order valence-electron chi connectivity index (χ4n) is 0.689. The Hall–Kier alpha value is -0.240. The molecule has 0 amide bonds. The summed E-state index contributed by atoms with van der Waals surface area (Å²) >= 11 is 5.73. The fourth-order valence-corrected chi connectivity index (χ4v) is 1.00. The van der Waals surface area contributed by atoms with Gasteiger partial charge in [-0.2, -0.15) is 5.10 Å². The van der Waals surface area contributed by atoms with Crippen molar-refractivity contribution in [3.8, 4) is 0 Å². The van der Waals surface area contributed by atoms with Crippen molar-refractivity contribution in [3.05, 3.63) is 0 Å². The highest BCUT2D eigenvalue weighted by molar-refractivity contribution is 6.66. The molecule has 0 bridgehead atoms. The van der Waals surface area contributed by atoms with Crippen LogP contribution in [0.15, 0.2) is 5.10 Å². The van der Waals surface area contributed by atoms with Crippen molar-refractivity contribution < 1.29 is 0 Å². The third-order valence-electron chi connectivity index (χ3n) is 1.89. The molecule has 0 aromatic carbocycles. The van der Waals surface area contributed by atoms with Gasteiger partial charge in [0.1, 0.15) is 5.17 Å². The smallest absolute Gasteiger partial charge is 0.131 e. The third-order valence-corrected chi connectivity index (χ3v) is 2.30. The molecule has 0 fully saturated rings. The zero-order valence-corrected chi connectivity index (χ0v) is 6.66. The molecule has 1 atom stereocenters. The zero-order valence-electron chi connectivity index (χ0n) is 5.90. The standard InChI is InChI=1S/C6H11ClN2/c1-4-5(7)8-9-6(4,2)3/h4,9H,1-3H3. The molecule has 0 aliphatic carbocycles. The Bertz CT molecular complexity index is 151. The molecule has 1 N–H and O–H groups in total. The second-order valence-corrected chi connectivity index (χ2v) is 3.38. The number of hydrogen-bond donors (Lipinski definition) is 1. The van der Waals surface area contributed by atoms with Gasteiger partial charge in [-0.15, -0.1) is 0 Å². The summed E-state index contributed by atoms with van der Waals surface area (Å²) in [6.45, 7) is 6.22. The molecule has 9 heavy (non-hydrogen) atoms. The summed E-state index contributed by atoms with van der Waals surface area (Å²) in [4.78, 5) is 0. The fraction of sp³-hybridized carbons (Fsp3) is 0.833. The van der Waals surface area contributed by atoms with Crippen LogP contribution in [-0.2, 0) is 0 Å². The highest BCUT2D eigenvalue weighted by Crippen LogP contribution is 2.24. The summed E-state index contributed by atoms with van der Waals surface area (Å²) in [5.74, 6) is 0.333. The molecule has 0 aromatic rings. The number of hydrazone groups is 1. The number of nitrogens with zero attached hydrogens (tertiary/aromatic N) is 1. The predicted octanol–water partition coefficient (Wildman–Crippen LogP) is 1.56. The number of hydrogen-bond acceptors (Lipinski definition) is 2. The first-order valence-electron chi connectivity index (χ1n) is 3.04. The van der Waals surface area contributed by atoms with E-state index in [1.54, 1.807) is 0 Å². The Kier molecular flexibility index (Phi) is 1.43. The normalized spacial score (nSPS) is 31.6. The molecule has 0 radical (unpaired) electrons. The molecule has 0 spiro atoms. The SMILES string of the molecule is CC1C(Cl)=NNC1(C)C. The Labute approximate surface area is 60.3 Å². The molecule has 2 nitrogen and oxygen atoms in total. The molecule has 52 valence electrons. The summed E-state index contributed by atoms with van der Waals surface area (Å²) in [5.41, 5.74) is 2.99. The summed E-state index contributed by atoms with van der Waals surface area (Å²) in [6, 6.07) is 0. The molecule has 1 rings (SSSR count). The Balaban J connectivity index is 2.73. The highest BCUT2D eigenvalue weighted by atomic mass is 35.5. The zero-order chi connectivity index (χ0) is 7.07. The maximum absolute atomic E-state index is 5.73. The van der Waals surface area contributed by atoms with Crippen LogP contribution >= 0.6 is 11.6 Å². The van der Waals surface area contributed by atoms with E-state index in [1.165, 1.54) is 0 Å². The van der Waals surface area contributed by atoms with Crippen LogP contribution < -0.4 is 5.43 Å². The monoisotopic (exact) mass is 146 g/mol. The number of halogens is 1. The van der Waals surface area contributed by atoms with E-state index >= 15 is 0 Å². The molecule has 3 heteroatoms. The van der Waals surface area contributed by atoms with Gasteiger partial charge in [0.2, 0.25) is 0 Å². The lowest BCUT2D eigenvalue weighted by atomic mass is 9.92. The molecule has 1 aliphatic heterocycles. The lowest BCUT2D eigenvalue weighted by molar-refractivity contribution is 0.371. The molecular formula is C6H11ClN2. The van der Waals surface area contributed by atoms with E-state index in [-0.39, 0.29) is 5.54 Å². The van der Waals surface area contributed by atoms with Gasteiger partial charge in [0.05, 0.1) is 5.54 Å². The Morgan fingerprint density at radius 3 is 2.33 bits per heavy atom. The van der Waals surface area contributed by atoms with Gasteiger partial charge in [-0.05, 0) is 13.8 Å². The minimum atomic E-state index is 0.0388. The van der Waals surface area contributed by atoms with E-state index in [0.29, 0.717) is 11.1 Å². The van der Waals surface area contributed by atoms with Crippen LogP contribution in [0.25, 0.3) is 0 Å². The maximum Gasteiger partial charge on any atom is 0.131 e. The Morgan fingerprint density at radius 2 is 2.22 bits per heavy atom. The maximum atomic E-state index is 5.73. The second-order valence-electron chi connectivity index (χ2n) is 2.99. The van der Waals surface area contributed by atoms with Gasteiger partial charge in [0.25, 0.3) is 0 Å². The minimum absolute atomic E-state index is 0.0388. The van der Waals surface area contributed by atoms with E-state index in [4.69, 9.17) is 11.6 Å². The molecule has 1 unspecified atom stereocenters. The molecule has 0 aromatic heterocycles. The molecular weight excluding hydrogens is 136 g/mol. The van der Waals surface area contributed by atoms with Crippen LogP contribution in [0.2, 0.25) is 0 Å². The lowest BCUT2D eigenvalue weighted by Crippen LogP contribution is -2.37. The van der Waals surface area contributed by atoms with Crippen LogP contribution in [0.4, 0.5) is 0 Å². The number of nitrogens with one attached hydrogen (secondary N) is 1. The van der Waals surface area contributed by atoms with Gasteiger partial charge in [-0.25, -0.2) is 0 Å². The van der Waals surface area contributed by atoms with E-state index in [2.05, 4.69) is 31.3 Å². The predicted molar refractivity (Wildman–Crippen MR) is 39.7 cm³/mol. The van der Waals surface area contributed by atoms with E-state index in [1.807, 2.05) is 0 Å².